The molecule has 0 aliphatic carbocycles. The van der Waals surface area contributed by atoms with Gasteiger partial charge < -0.3 is 10.6 Å². The molecule has 0 radical (unpaired) electrons. The maximum absolute atomic E-state index is 11.8. The van der Waals surface area contributed by atoms with E-state index in [1.54, 1.807) is 24.1 Å². The minimum absolute atomic E-state index is 0.0697. The highest BCUT2D eigenvalue weighted by Gasteiger charge is 2.13. The van der Waals surface area contributed by atoms with Crippen molar-refractivity contribution in [2.24, 2.45) is 11.7 Å². The number of rotatable bonds is 4. The molecule has 0 fully saturated rings. The van der Waals surface area contributed by atoms with Crippen LogP contribution in [0.1, 0.15) is 13.3 Å². The van der Waals surface area contributed by atoms with Gasteiger partial charge in [0.1, 0.15) is 0 Å². The first-order chi connectivity index (χ1) is 7.54. The number of anilines is 1. The normalized spacial score (nSPS) is 12.2. The fourth-order valence-corrected chi connectivity index (χ4v) is 1.45. The lowest BCUT2D eigenvalue weighted by Crippen LogP contribution is -2.29. The van der Waals surface area contributed by atoms with Gasteiger partial charge in [0, 0.05) is 24.2 Å². The van der Waals surface area contributed by atoms with Gasteiger partial charge in [-0.2, -0.15) is 0 Å². The fraction of sp³-hybridized carbons (Fsp3) is 0.417. The summed E-state index contributed by atoms with van der Waals surface area (Å²) in [6.45, 7) is 2.49. The molecule has 1 rings (SSSR count). The highest BCUT2D eigenvalue weighted by atomic mass is 35.5. The van der Waals surface area contributed by atoms with Gasteiger partial charge in [-0.15, -0.1) is 0 Å². The molecule has 4 heteroatoms. The summed E-state index contributed by atoms with van der Waals surface area (Å²) in [6, 6.07) is 7.20. The largest absolute Gasteiger partial charge is 0.330 e. The number of amides is 1. The number of hydrogen-bond donors (Lipinski definition) is 1. The van der Waals surface area contributed by atoms with Crippen LogP contribution in [0.15, 0.2) is 24.3 Å². The average molecular weight is 241 g/mol. The molecule has 1 atom stereocenters. The molecule has 1 unspecified atom stereocenters. The Morgan fingerprint density at radius 2 is 2.00 bits per heavy atom. The number of nitrogens with zero attached hydrogens (tertiary/aromatic N) is 1. The van der Waals surface area contributed by atoms with Crippen molar-refractivity contribution in [3.05, 3.63) is 29.3 Å². The summed E-state index contributed by atoms with van der Waals surface area (Å²) in [7, 11) is 1.76. The van der Waals surface area contributed by atoms with Gasteiger partial charge in [-0.25, -0.2) is 0 Å². The van der Waals surface area contributed by atoms with Crippen LogP contribution in [-0.2, 0) is 4.79 Å². The Kier molecular flexibility index (Phi) is 4.77. The second-order valence-corrected chi connectivity index (χ2v) is 4.41. The summed E-state index contributed by atoms with van der Waals surface area (Å²) < 4.78 is 0. The molecule has 1 amide bonds. The van der Waals surface area contributed by atoms with E-state index in [9.17, 15) is 4.79 Å². The lowest BCUT2D eigenvalue weighted by molar-refractivity contribution is -0.119. The van der Waals surface area contributed by atoms with Crippen molar-refractivity contribution >= 4 is 23.2 Å². The summed E-state index contributed by atoms with van der Waals surface area (Å²) in [6.07, 6.45) is 0.468. The lowest BCUT2D eigenvalue weighted by Gasteiger charge is -2.19. The Morgan fingerprint density at radius 1 is 1.44 bits per heavy atom. The van der Waals surface area contributed by atoms with Crippen molar-refractivity contribution in [2.75, 3.05) is 18.5 Å². The van der Waals surface area contributed by atoms with Crippen LogP contribution >= 0.6 is 11.6 Å². The first-order valence-electron chi connectivity index (χ1n) is 5.26. The second kappa shape index (κ2) is 5.87. The average Bonchev–Trinajstić information content (AvgIpc) is 2.28. The highest BCUT2D eigenvalue weighted by Crippen LogP contribution is 2.18. The molecule has 1 aromatic carbocycles. The van der Waals surface area contributed by atoms with Gasteiger partial charge in [0.25, 0.3) is 0 Å². The van der Waals surface area contributed by atoms with Crippen molar-refractivity contribution in [3.8, 4) is 0 Å². The predicted octanol–water partition coefficient (Wildman–Crippen LogP) is 2.29. The number of carbonyl (C=O) groups is 1. The van der Waals surface area contributed by atoms with Crippen molar-refractivity contribution in [1.82, 2.24) is 0 Å². The molecule has 0 saturated heterocycles. The Morgan fingerprint density at radius 3 is 2.50 bits per heavy atom. The van der Waals surface area contributed by atoms with Crippen LogP contribution in [0, 0.1) is 5.92 Å². The van der Waals surface area contributed by atoms with Gasteiger partial charge in [-0.1, -0.05) is 18.5 Å². The molecular weight excluding hydrogens is 224 g/mol. The van der Waals surface area contributed by atoms with Crippen LogP contribution in [0.2, 0.25) is 5.02 Å². The molecule has 16 heavy (non-hydrogen) atoms. The molecule has 0 heterocycles. The van der Waals surface area contributed by atoms with E-state index in [0.717, 1.165) is 5.69 Å². The van der Waals surface area contributed by atoms with E-state index >= 15 is 0 Å². The summed E-state index contributed by atoms with van der Waals surface area (Å²) in [5.74, 6) is 0.280. The number of hydrogen-bond acceptors (Lipinski definition) is 2. The van der Waals surface area contributed by atoms with Gasteiger partial charge in [0.2, 0.25) is 5.91 Å². The Labute approximate surface area is 101 Å². The SMILES string of the molecule is CC(CN)CC(=O)N(C)c1ccc(Cl)cc1. The van der Waals surface area contributed by atoms with E-state index < -0.39 is 0 Å². The molecule has 0 aliphatic heterocycles. The smallest absolute Gasteiger partial charge is 0.227 e. The first-order valence-corrected chi connectivity index (χ1v) is 5.64. The van der Waals surface area contributed by atoms with E-state index in [1.165, 1.54) is 0 Å². The van der Waals surface area contributed by atoms with Gasteiger partial charge in [0.15, 0.2) is 0 Å². The molecule has 0 spiro atoms. The number of nitrogens with two attached hydrogens (primary N) is 1. The summed E-state index contributed by atoms with van der Waals surface area (Å²) in [5, 5.41) is 0.667. The van der Waals surface area contributed by atoms with E-state index in [2.05, 4.69) is 0 Å². The lowest BCUT2D eigenvalue weighted by atomic mass is 10.1. The third kappa shape index (κ3) is 3.51. The molecule has 3 nitrogen and oxygen atoms in total. The van der Waals surface area contributed by atoms with Crippen molar-refractivity contribution in [1.29, 1.82) is 0 Å². The zero-order chi connectivity index (χ0) is 12.1. The van der Waals surface area contributed by atoms with Crippen molar-refractivity contribution in [2.45, 2.75) is 13.3 Å². The summed E-state index contributed by atoms with van der Waals surface area (Å²) in [4.78, 5) is 13.5. The van der Waals surface area contributed by atoms with E-state index in [1.807, 2.05) is 19.1 Å². The van der Waals surface area contributed by atoms with E-state index in [-0.39, 0.29) is 11.8 Å². The number of halogens is 1. The molecule has 1 aromatic rings. The molecule has 2 N–H and O–H groups in total. The van der Waals surface area contributed by atoms with Crippen molar-refractivity contribution < 1.29 is 4.79 Å². The minimum atomic E-state index is 0.0697. The predicted molar refractivity (Wildman–Crippen MR) is 67.7 cm³/mol. The van der Waals surface area contributed by atoms with E-state index in [4.69, 9.17) is 17.3 Å². The quantitative estimate of drug-likeness (QED) is 0.878. The van der Waals surface area contributed by atoms with Crippen LogP contribution in [0.5, 0.6) is 0 Å². The molecule has 0 bridgehead atoms. The van der Waals surface area contributed by atoms with Crippen LogP contribution in [-0.4, -0.2) is 19.5 Å². The van der Waals surface area contributed by atoms with E-state index in [0.29, 0.717) is 18.0 Å². The molecule has 0 aromatic heterocycles. The fourth-order valence-electron chi connectivity index (χ4n) is 1.33. The minimum Gasteiger partial charge on any atom is -0.330 e. The Balaban J connectivity index is 2.66. The third-order valence-corrected chi connectivity index (χ3v) is 2.77. The Bertz CT molecular complexity index is 351. The monoisotopic (exact) mass is 240 g/mol. The summed E-state index contributed by atoms with van der Waals surface area (Å²) in [5.41, 5.74) is 6.34. The molecule has 0 aliphatic rings. The molecule has 0 saturated carbocycles. The summed E-state index contributed by atoms with van der Waals surface area (Å²) >= 11 is 5.78. The zero-order valence-electron chi connectivity index (χ0n) is 9.61. The number of benzene rings is 1. The molecule has 88 valence electrons. The van der Waals surface area contributed by atoms with Gasteiger partial charge in [-0.05, 0) is 36.7 Å². The topological polar surface area (TPSA) is 46.3 Å². The van der Waals surface area contributed by atoms with Crippen molar-refractivity contribution in [3.63, 3.8) is 0 Å². The number of carbonyl (C=O) groups excluding carboxylic acids is 1. The second-order valence-electron chi connectivity index (χ2n) is 3.97. The molecular formula is C12H17ClN2O. The first kappa shape index (κ1) is 13.0. The maximum Gasteiger partial charge on any atom is 0.227 e. The Hall–Kier alpha value is -1.06. The van der Waals surface area contributed by atoms with Crippen LogP contribution < -0.4 is 10.6 Å². The standard InChI is InChI=1S/C12H17ClN2O/c1-9(8-14)7-12(16)15(2)11-5-3-10(13)4-6-11/h3-6,9H,7-8,14H2,1-2H3. The van der Waals surface area contributed by atoms with Gasteiger partial charge in [-0.3, -0.25) is 4.79 Å². The van der Waals surface area contributed by atoms with Gasteiger partial charge >= 0.3 is 0 Å². The highest BCUT2D eigenvalue weighted by molar-refractivity contribution is 6.30. The van der Waals surface area contributed by atoms with Crippen LogP contribution in [0.3, 0.4) is 0 Å². The van der Waals surface area contributed by atoms with Crippen LogP contribution in [0.4, 0.5) is 5.69 Å². The van der Waals surface area contributed by atoms with Crippen LogP contribution in [0.25, 0.3) is 0 Å². The third-order valence-electron chi connectivity index (χ3n) is 2.51. The van der Waals surface area contributed by atoms with Gasteiger partial charge in [0.05, 0.1) is 0 Å². The zero-order valence-corrected chi connectivity index (χ0v) is 10.4. The maximum atomic E-state index is 11.8.